The predicted octanol–water partition coefficient (Wildman–Crippen LogP) is 13.8. The van der Waals surface area contributed by atoms with E-state index in [0.717, 1.165) is 6.42 Å². The number of thioether (sulfide) groups is 1. The summed E-state index contributed by atoms with van der Waals surface area (Å²) in [6.45, 7) is 0. The van der Waals surface area contributed by atoms with Crippen molar-refractivity contribution in [1.82, 2.24) is 4.57 Å². The van der Waals surface area contributed by atoms with Crippen molar-refractivity contribution in [2.24, 2.45) is 0 Å². The van der Waals surface area contributed by atoms with Crippen molar-refractivity contribution in [2.45, 2.75) is 26.4 Å². The van der Waals surface area contributed by atoms with Gasteiger partial charge < -0.3 is 4.57 Å². The average molecular weight is 688 g/mol. The predicted molar refractivity (Wildman–Crippen MR) is 219 cm³/mol. The lowest BCUT2D eigenvalue weighted by atomic mass is 9.92. The van der Waals surface area contributed by atoms with Crippen LogP contribution in [0.4, 0.5) is 0 Å². The molecule has 0 amide bonds. The first-order valence-electron chi connectivity index (χ1n) is 17.5. The molecule has 1 aromatic heterocycles. The van der Waals surface area contributed by atoms with Gasteiger partial charge >= 0.3 is 0 Å². The van der Waals surface area contributed by atoms with Crippen LogP contribution in [0, 0.1) is 0 Å². The standard InChI is InChI=1S/C48H33NS2/c1-3-14-32(15-4-1)33-27-29-46-41(30-33)48-36(21-13-25-47(48)51-45-24-12-9-20-40(45)39-19-8-11-23-44(39)50-46)34-26-28-38-37-18-7-10-22-42(37)49(43(38)31-34)35-16-5-2-6-17-35/h1-23,25-31,45H,24H2. The fourth-order valence-corrected chi connectivity index (χ4v) is 10.2. The molecule has 8 aromatic rings. The largest absolute Gasteiger partial charge is 0.309 e. The van der Waals surface area contributed by atoms with Crippen molar-refractivity contribution >= 4 is 50.9 Å². The van der Waals surface area contributed by atoms with E-state index in [1.54, 1.807) is 0 Å². The summed E-state index contributed by atoms with van der Waals surface area (Å²) in [5, 5.41) is 2.85. The van der Waals surface area contributed by atoms with Gasteiger partial charge in [0.1, 0.15) is 0 Å². The van der Waals surface area contributed by atoms with Gasteiger partial charge in [-0.15, -0.1) is 11.8 Å². The lowest BCUT2D eigenvalue weighted by molar-refractivity contribution is 1.06. The van der Waals surface area contributed by atoms with E-state index in [4.69, 9.17) is 0 Å². The average Bonchev–Trinajstić information content (AvgIpc) is 3.53. The van der Waals surface area contributed by atoms with Crippen LogP contribution in [0.1, 0.15) is 12.0 Å². The van der Waals surface area contributed by atoms with Gasteiger partial charge in [-0.2, -0.15) is 0 Å². The third-order valence-electron chi connectivity index (χ3n) is 10.2. The molecule has 1 atom stereocenters. The second kappa shape index (κ2) is 12.7. The molecule has 1 aliphatic carbocycles. The van der Waals surface area contributed by atoms with Gasteiger partial charge in [-0.05, 0) is 93.9 Å². The van der Waals surface area contributed by atoms with Crippen LogP contribution in [0.5, 0.6) is 0 Å². The lowest BCUT2D eigenvalue weighted by Gasteiger charge is -2.28. The van der Waals surface area contributed by atoms with Gasteiger partial charge in [0, 0.05) is 42.0 Å². The molecule has 2 heterocycles. The van der Waals surface area contributed by atoms with E-state index in [1.165, 1.54) is 86.7 Å². The molecule has 0 saturated heterocycles. The number of para-hydroxylation sites is 2. The van der Waals surface area contributed by atoms with Gasteiger partial charge in [-0.25, -0.2) is 0 Å². The third-order valence-corrected chi connectivity index (χ3v) is 12.7. The minimum absolute atomic E-state index is 0.313. The number of aromatic nitrogens is 1. The van der Waals surface area contributed by atoms with Crippen molar-refractivity contribution < 1.29 is 0 Å². The highest BCUT2D eigenvalue weighted by Gasteiger charge is 2.27. The fraction of sp³-hybridized carbons (Fsp3) is 0.0417. The SMILES string of the molecule is C1=CCC2Sc3cccc(-c4ccc5c6ccccc6n(-c6ccccc6)c5c4)c3-c3cc(-c4ccccc4)ccc3Sc3ccccc3C2=C1. The smallest absolute Gasteiger partial charge is 0.0547 e. The van der Waals surface area contributed by atoms with E-state index >= 15 is 0 Å². The summed E-state index contributed by atoms with van der Waals surface area (Å²) in [4.78, 5) is 3.88. The van der Waals surface area contributed by atoms with Gasteiger partial charge in [0.2, 0.25) is 0 Å². The Morgan fingerprint density at radius 1 is 0.490 bits per heavy atom. The molecule has 51 heavy (non-hydrogen) atoms. The normalized spacial score (nSPS) is 15.1. The van der Waals surface area contributed by atoms with E-state index in [0.29, 0.717) is 5.25 Å². The first-order chi connectivity index (χ1) is 25.3. The van der Waals surface area contributed by atoms with E-state index in [2.05, 4.69) is 187 Å². The maximum atomic E-state index is 2.43. The zero-order valence-electron chi connectivity index (χ0n) is 27.9. The fourth-order valence-electron chi connectivity index (χ4n) is 7.81. The molecule has 0 N–H and O–H groups in total. The highest BCUT2D eigenvalue weighted by atomic mass is 32.2. The molecular weight excluding hydrogens is 655 g/mol. The Balaban J connectivity index is 1.26. The van der Waals surface area contributed by atoms with Gasteiger partial charge in [0.15, 0.2) is 0 Å². The van der Waals surface area contributed by atoms with Crippen molar-refractivity contribution in [3.05, 3.63) is 188 Å². The highest BCUT2D eigenvalue weighted by molar-refractivity contribution is 8.00. The summed E-state index contributed by atoms with van der Waals surface area (Å²) in [5.41, 5.74) is 13.9. The molecular formula is C48H33NS2. The summed E-state index contributed by atoms with van der Waals surface area (Å²) >= 11 is 3.90. The maximum absolute atomic E-state index is 2.43. The van der Waals surface area contributed by atoms with Gasteiger partial charge in [0.05, 0.1) is 11.0 Å². The topological polar surface area (TPSA) is 4.93 Å². The minimum atomic E-state index is 0.313. The van der Waals surface area contributed by atoms with Crippen LogP contribution in [-0.2, 0) is 0 Å². The Morgan fingerprint density at radius 2 is 1.20 bits per heavy atom. The maximum Gasteiger partial charge on any atom is 0.0547 e. The van der Waals surface area contributed by atoms with E-state index < -0.39 is 0 Å². The zero-order chi connectivity index (χ0) is 33.7. The van der Waals surface area contributed by atoms with Crippen LogP contribution in [0.2, 0.25) is 0 Å². The van der Waals surface area contributed by atoms with Crippen LogP contribution in [-0.4, -0.2) is 9.82 Å². The minimum Gasteiger partial charge on any atom is -0.309 e. The Labute approximate surface area is 307 Å². The third kappa shape index (κ3) is 5.28. The first kappa shape index (κ1) is 30.4. The van der Waals surface area contributed by atoms with Gasteiger partial charge in [-0.1, -0.05) is 145 Å². The number of allylic oxidation sites excluding steroid dienone is 3. The number of nitrogens with zero attached hydrogens (tertiary/aromatic N) is 1. The molecule has 1 unspecified atom stereocenters. The molecule has 1 aliphatic heterocycles. The van der Waals surface area contributed by atoms with Crippen molar-refractivity contribution in [1.29, 1.82) is 0 Å². The molecule has 0 spiro atoms. The van der Waals surface area contributed by atoms with Gasteiger partial charge in [-0.3, -0.25) is 0 Å². The summed E-state index contributed by atoms with van der Waals surface area (Å²) in [6, 6.07) is 60.4. The lowest BCUT2D eigenvalue weighted by Crippen LogP contribution is -2.09. The summed E-state index contributed by atoms with van der Waals surface area (Å²) in [7, 11) is 0. The molecule has 10 rings (SSSR count). The highest BCUT2D eigenvalue weighted by Crippen LogP contribution is 2.52. The van der Waals surface area contributed by atoms with Crippen LogP contribution in [0.25, 0.3) is 66.4 Å². The Morgan fingerprint density at radius 3 is 2.10 bits per heavy atom. The van der Waals surface area contributed by atoms with Crippen LogP contribution >= 0.6 is 23.5 Å². The van der Waals surface area contributed by atoms with E-state index in [1.807, 2.05) is 23.5 Å². The first-order valence-corrected chi connectivity index (χ1v) is 19.2. The Hall–Kier alpha value is -5.48. The molecule has 0 fully saturated rings. The molecule has 3 heteroatoms. The Kier molecular flexibility index (Phi) is 7.55. The second-order valence-corrected chi connectivity index (χ2v) is 15.5. The van der Waals surface area contributed by atoms with Crippen molar-refractivity contribution in [3.8, 4) is 39.1 Å². The van der Waals surface area contributed by atoms with E-state index in [9.17, 15) is 0 Å². The molecule has 7 aromatic carbocycles. The van der Waals surface area contributed by atoms with Crippen molar-refractivity contribution in [2.75, 3.05) is 0 Å². The zero-order valence-corrected chi connectivity index (χ0v) is 29.5. The molecule has 0 radical (unpaired) electrons. The summed E-state index contributed by atoms with van der Waals surface area (Å²) in [5.74, 6) is 0. The monoisotopic (exact) mass is 687 g/mol. The second-order valence-electron chi connectivity index (χ2n) is 13.2. The van der Waals surface area contributed by atoms with Gasteiger partial charge in [0.25, 0.3) is 0 Å². The van der Waals surface area contributed by atoms with Crippen LogP contribution in [0.3, 0.4) is 0 Å². The molecule has 1 nitrogen and oxygen atoms in total. The molecule has 0 bridgehead atoms. The summed E-state index contributed by atoms with van der Waals surface area (Å²) < 4.78 is 2.42. The quantitative estimate of drug-likeness (QED) is 0.182. The molecule has 0 saturated carbocycles. The number of rotatable bonds is 3. The van der Waals surface area contributed by atoms with Crippen molar-refractivity contribution in [3.63, 3.8) is 0 Å². The number of hydrogen-bond donors (Lipinski definition) is 0. The summed E-state index contributed by atoms with van der Waals surface area (Å²) in [6.07, 6.45) is 7.89. The molecule has 242 valence electrons. The number of fused-ring (bicyclic) bond motifs is 9. The van der Waals surface area contributed by atoms with Crippen LogP contribution in [0.15, 0.2) is 197 Å². The molecule has 2 aliphatic rings. The number of hydrogen-bond acceptors (Lipinski definition) is 2. The Bertz CT molecular complexity index is 2670. The number of benzene rings is 7. The van der Waals surface area contributed by atoms with E-state index in [-0.39, 0.29) is 0 Å². The van der Waals surface area contributed by atoms with Crippen LogP contribution < -0.4 is 0 Å².